The first-order valence-electron chi connectivity index (χ1n) is 27.2. The minimum atomic E-state index is -1.33. The molecular weight excluding hydrogens is 1130 g/mol. The molecule has 1 aromatic carbocycles. The zero-order chi connectivity index (χ0) is 66.7. The van der Waals surface area contributed by atoms with Crippen molar-refractivity contribution in [2.24, 2.45) is 16.2 Å². The molecule has 0 aliphatic rings. The van der Waals surface area contributed by atoms with Gasteiger partial charge in [0.1, 0.15) is 18.1 Å². The zero-order valence-electron chi connectivity index (χ0n) is 52.3. The summed E-state index contributed by atoms with van der Waals surface area (Å²) in [4.78, 5) is 146. The third-order valence-electron chi connectivity index (χ3n) is 9.92. The van der Waals surface area contributed by atoms with E-state index in [1.807, 2.05) is 0 Å². The summed E-state index contributed by atoms with van der Waals surface area (Å²) >= 11 is 0. The Hall–Kier alpha value is -8.86. The van der Waals surface area contributed by atoms with Crippen molar-refractivity contribution in [3.63, 3.8) is 0 Å². The van der Waals surface area contributed by atoms with Crippen molar-refractivity contribution in [3.8, 4) is 0 Å². The molecule has 0 spiro atoms. The Labute approximate surface area is 501 Å². The van der Waals surface area contributed by atoms with Gasteiger partial charge in [0.15, 0.2) is 0 Å². The lowest BCUT2D eigenvalue weighted by Gasteiger charge is -2.24. The average Bonchev–Trinajstić information content (AvgIpc) is 3.60. The van der Waals surface area contributed by atoms with Crippen molar-refractivity contribution in [2.75, 3.05) is 0 Å². The number of benzene rings is 1. The molecule has 0 bridgehead atoms. The van der Waals surface area contributed by atoms with Gasteiger partial charge in [0, 0.05) is 38.7 Å². The van der Waals surface area contributed by atoms with Crippen LogP contribution in [0.1, 0.15) is 168 Å². The van der Waals surface area contributed by atoms with Crippen LogP contribution < -0.4 is 25.3 Å². The molecule has 1 unspecified atom stereocenters. The molecule has 1 aromatic rings. The molecule has 28 nitrogen and oxygen atoms in total. The van der Waals surface area contributed by atoms with Crippen LogP contribution in [0.15, 0.2) is 30.3 Å². The molecule has 3 amide bonds. The van der Waals surface area contributed by atoms with E-state index in [1.54, 1.807) is 134 Å². The second-order valence-corrected chi connectivity index (χ2v) is 22.5. The number of Topliss-reactive ketones (excluding diaryl/α,β-unsaturated/α-hetero) is 3. The van der Waals surface area contributed by atoms with Gasteiger partial charge < -0.3 is 64.1 Å². The smallest absolute Gasteiger partial charge is 0.411 e. The molecule has 3 N–H and O–H groups in total. The van der Waals surface area contributed by atoms with Gasteiger partial charge in [0.2, 0.25) is 29.9 Å². The van der Waals surface area contributed by atoms with E-state index in [0.29, 0.717) is 11.8 Å². The third-order valence-corrected chi connectivity index (χ3v) is 9.92. The van der Waals surface area contributed by atoms with E-state index in [2.05, 4.69) is 43.5 Å². The van der Waals surface area contributed by atoms with Gasteiger partial charge in [-0.05, 0) is 123 Å². The lowest BCUT2D eigenvalue weighted by molar-refractivity contribution is -0.179. The molecule has 0 aliphatic carbocycles. The van der Waals surface area contributed by atoms with Crippen molar-refractivity contribution < 1.29 is 105 Å². The minimum Gasteiger partial charge on any atom is -0.461 e. The van der Waals surface area contributed by atoms with Crippen LogP contribution in [0.5, 0.6) is 0 Å². The first-order chi connectivity index (χ1) is 39.7. The lowest BCUT2D eigenvalue weighted by Crippen LogP contribution is -2.44. The molecule has 0 radical (unpaired) electrons. The number of carbonyl (C=O) groups is 12. The number of alkyl carbamates (subject to hydrolysis) is 3. The van der Waals surface area contributed by atoms with Gasteiger partial charge in [-0.3, -0.25) is 28.8 Å². The molecule has 28 heteroatoms. The monoisotopic (exact) mass is 1220 g/mol. The number of nitrogens with zero attached hydrogens (tertiary/aromatic N) is 4. The molecule has 0 aliphatic heterocycles. The fraction of sp³-hybridized carbons (Fsp3) is 0.603. The van der Waals surface area contributed by atoms with Crippen molar-refractivity contribution in [2.45, 2.75) is 212 Å². The number of hydrogen-bond acceptors (Lipinski definition) is 21. The predicted molar refractivity (Wildman–Crippen MR) is 312 cm³/mol. The SMILES string of the molecule is C=[N+]=CC(=O)CC[C@H](NC(=O)OC(OC(=O)C(C)(C)C)c1ccccc1)C(=O)OC(C)C.C=[N+]=CC(=O)CC[C@H](NC(=O)O[C@H](C)OC(=O)C(C)(C)C)C(=O)OC(C)C.CC(C)OC(=O)[C@H](CCC(=O)C=[N+]=[N-])NC(=O)O[C@@H](C)OC(=O)C(C)(C)C. The summed E-state index contributed by atoms with van der Waals surface area (Å²) in [7, 11) is 0. The largest absolute Gasteiger partial charge is 0.461 e. The molecule has 478 valence electrons. The van der Waals surface area contributed by atoms with Crippen molar-refractivity contribution >= 4 is 104 Å². The van der Waals surface area contributed by atoms with Gasteiger partial charge >= 0.3 is 72.7 Å². The van der Waals surface area contributed by atoms with Crippen molar-refractivity contribution in [3.05, 3.63) is 41.4 Å². The maximum Gasteiger partial charge on any atom is 0.411 e. The highest BCUT2D eigenvalue weighted by Crippen LogP contribution is 2.25. The van der Waals surface area contributed by atoms with E-state index in [1.165, 1.54) is 13.8 Å². The first kappa shape index (κ1) is 79.2. The van der Waals surface area contributed by atoms with Crippen LogP contribution in [-0.4, -0.2) is 157 Å². The summed E-state index contributed by atoms with van der Waals surface area (Å²) in [5, 5.41) is 6.99. The van der Waals surface area contributed by atoms with Crippen LogP contribution in [0.25, 0.3) is 5.53 Å². The maximum absolute atomic E-state index is 12.6. The normalized spacial score (nSPS) is 12.9. The molecule has 6 atom stereocenters. The van der Waals surface area contributed by atoms with Crippen molar-refractivity contribution in [1.29, 1.82) is 0 Å². The van der Waals surface area contributed by atoms with Crippen LogP contribution in [0.2, 0.25) is 0 Å². The third kappa shape index (κ3) is 37.4. The Kier molecular flexibility index (Phi) is 36.5. The topological polar surface area (TPSA) is 389 Å². The fourth-order valence-corrected chi connectivity index (χ4v) is 5.69. The Morgan fingerprint density at radius 1 is 0.442 bits per heavy atom. The number of amides is 3. The number of rotatable bonds is 28. The number of hydrogen-bond donors (Lipinski definition) is 3. The number of esters is 6. The summed E-state index contributed by atoms with van der Waals surface area (Å²) < 4.78 is 52.5. The molecule has 0 saturated heterocycles. The Morgan fingerprint density at radius 3 is 1.01 bits per heavy atom. The molecule has 0 saturated carbocycles. The standard InChI is InChI=1S/C23H30N2O7.C18H28N2O7.C17H27N3O7/c1-15(2)30-19(27)18(13-12-17(26)14-24-6)25-22(29)32-20(16-10-8-7-9-11-16)31-21(28)23(3,4)5;1-11(2)25-15(22)14(9-8-13(21)10-19-7)20-17(24)27-12(3)26-16(23)18(4,5)6;1-10(2)25-14(22)13(8-7-12(21)9-19-18)20-16(24)27-11(3)26-15(23)17(4,5)6/h7-11,14-15,18,20H,6,12-13H2,1-5H3;10-12,14H,7-9H2,1-6H3;9-11,13H,7-8H2,1-6H3,(H,20,24)/p+2/t18-,20?;12-,14+;11-,13-/m010/s1. The number of nitrogens with one attached hydrogen (secondary N) is 3. The molecule has 0 heterocycles. The summed E-state index contributed by atoms with van der Waals surface area (Å²) in [6, 6.07) is 5.01. The van der Waals surface area contributed by atoms with E-state index < -0.39 is 131 Å². The van der Waals surface area contributed by atoms with Gasteiger partial charge in [-0.1, -0.05) is 30.3 Å². The molecular formula is C58H87N7O21+2. The molecule has 0 aromatic heterocycles. The van der Waals surface area contributed by atoms with Gasteiger partial charge in [-0.2, -0.15) is 4.79 Å². The predicted octanol–water partition coefficient (Wildman–Crippen LogP) is 5.28. The second-order valence-electron chi connectivity index (χ2n) is 22.5. The van der Waals surface area contributed by atoms with Gasteiger partial charge in [0.05, 0.1) is 34.6 Å². The average molecular weight is 1220 g/mol. The van der Waals surface area contributed by atoms with Crippen LogP contribution in [0, 0.1) is 16.2 Å². The van der Waals surface area contributed by atoms with Crippen LogP contribution in [-0.2, 0) is 85.8 Å². The molecule has 0 fully saturated rings. The van der Waals surface area contributed by atoms with Crippen LogP contribution in [0.3, 0.4) is 0 Å². The highest BCUT2D eigenvalue weighted by Gasteiger charge is 2.34. The van der Waals surface area contributed by atoms with E-state index in [9.17, 15) is 57.5 Å². The van der Waals surface area contributed by atoms with E-state index in [4.69, 9.17) is 48.2 Å². The highest BCUT2D eigenvalue weighted by atomic mass is 16.7. The Balaban J connectivity index is 0. The van der Waals surface area contributed by atoms with Gasteiger partial charge in [-0.25, -0.2) is 28.8 Å². The number of ether oxygens (including phenoxy) is 9. The quantitative estimate of drug-likeness (QED) is 0.0240. The summed E-state index contributed by atoms with van der Waals surface area (Å²) in [6.45, 7) is 33.9. The Bertz CT molecular complexity index is 2510. The number of carbonyl (C=O) groups excluding carboxylic acids is 12. The summed E-state index contributed by atoms with van der Waals surface area (Å²) in [5.41, 5.74) is 6.41. The molecule has 86 heavy (non-hydrogen) atoms. The van der Waals surface area contributed by atoms with Crippen molar-refractivity contribution in [1.82, 2.24) is 25.3 Å². The highest BCUT2D eigenvalue weighted by molar-refractivity contribution is 6.27. The second kappa shape index (κ2) is 39.6. The zero-order valence-corrected chi connectivity index (χ0v) is 52.3. The fourth-order valence-electron chi connectivity index (χ4n) is 5.69. The van der Waals surface area contributed by atoms with Crippen LogP contribution >= 0.6 is 0 Å². The van der Waals surface area contributed by atoms with Gasteiger partial charge in [0.25, 0.3) is 19.7 Å². The summed E-state index contributed by atoms with van der Waals surface area (Å²) in [5.74, 6) is -5.12. The van der Waals surface area contributed by atoms with Gasteiger partial charge in [-0.15, -0.1) is 9.34 Å². The number of ketones is 3. The van der Waals surface area contributed by atoms with E-state index in [0.717, 1.165) is 12.4 Å². The lowest BCUT2D eigenvalue weighted by atomic mass is 9.97. The minimum absolute atomic E-state index is 0.0122. The van der Waals surface area contributed by atoms with Crippen LogP contribution in [0.4, 0.5) is 14.4 Å². The summed E-state index contributed by atoms with van der Waals surface area (Å²) in [6.07, 6.45) is -5.62. The first-order valence-corrected chi connectivity index (χ1v) is 27.2. The Morgan fingerprint density at radius 2 is 0.733 bits per heavy atom. The van der Waals surface area contributed by atoms with E-state index >= 15 is 0 Å². The maximum atomic E-state index is 12.6. The molecule has 1 rings (SSSR count). The van der Waals surface area contributed by atoms with E-state index in [-0.39, 0.29) is 50.1 Å².